The molecule has 0 aliphatic carbocycles. The van der Waals surface area contributed by atoms with Crippen LogP contribution in [0.4, 0.5) is 5.69 Å². The van der Waals surface area contributed by atoms with Crippen LogP contribution in [0.2, 0.25) is 0 Å². The van der Waals surface area contributed by atoms with Crippen molar-refractivity contribution in [3.8, 4) is 0 Å². The van der Waals surface area contributed by atoms with Crippen LogP contribution in [0, 0.1) is 0 Å². The minimum Gasteiger partial charge on any atom is -0.478 e. The zero-order chi connectivity index (χ0) is 17.6. The van der Waals surface area contributed by atoms with Crippen molar-refractivity contribution in [2.75, 3.05) is 19.5 Å². The van der Waals surface area contributed by atoms with Gasteiger partial charge in [-0.2, -0.15) is 0 Å². The van der Waals surface area contributed by atoms with Gasteiger partial charge in [0.2, 0.25) is 0 Å². The Bertz CT molecular complexity index is 660. The van der Waals surface area contributed by atoms with Crippen molar-refractivity contribution in [2.24, 2.45) is 0 Å². The van der Waals surface area contributed by atoms with Crippen molar-refractivity contribution < 1.29 is 38.9 Å². The molecule has 3 N–H and O–H groups in total. The minimum atomic E-state index is -1.35. The van der Waals surface area contributed by atoms with Gasteiger partial charge in [0.25, 0.3) is 0 Å². The average molecular weight is 323 g/mol. The second kappa shape index (κ2) is 7.59. The molecule has 0 heterocycles. The fraction of sp³-hybridized carbons (Fsp3) is 0.143. The molecule has 0 aromatic heterocycles. The van der Waals surface area contributed by atoms with Gasteiger partial charge in [0.05, 0.1) is 31.4 Å². The number of carbonyl (C=O) groups is 4. The molecule has 0 saturated heterocycles. The number of rotatable bonds is 6. The number of carboxylic acids is 2. The summed E-state index contributed by atoms with van der Waals surface area (Å²) in [7, 11) is 2.17. The molecule has 1 rings (SSSR count). The highest BCUT2D eigenvalue weighted by Crippen LogP contribution is 2.18. The molecule has 0 saturated carbocycles. The lowest BCUT2D eigenvalue weighted by Gasteiger charge is -2.10. The van der Waals surface area contributed by atoms with E-state index in [2.05, 4.69) is 14.8 Å². The molecule has 9 nitrogen and oxygen atoms in total. The predicted molar refractivity (Wildman–Crippen MR) is 76.1 cm³/mol. The SMILES string of the molecule is COC(=O)/C=C(/Nc1cc(C(=O)O)cc(C(=O)O)c1)C(=O)OC. The molecule has 23 heavy (non-hydrogen) atoms. The second-order valence-corrected chi connectivity index (χ2v) is 4.11. The van der Waals surface area contributed by atoms with Gasteiger partial charge in [-0.3, -0.25) is 0 Å². The van der Waals surface area contributed by atoms with Crippen molar-refractivity contribution in [2.45, 2.75) is 0 Å². The number of anilines is 1. The Balaban J connectivity index is 3.29. The summed E-state index contributed by atoms with van der Waals surface area (Å²) in [5.74, 6) is -4.49. The van der Waals surface area contributed by atoms with Gasteiger partial charge >= 0.3 is 23.9 Å². The zero-order valence-electron chi connectivity index (χ0n) is 12.2. The van der Waals surface area contributed by atoms with Crippen LogP contribution < -0.4 is 5.32 Å². The summed E-state index contributed by atoms with van der Waals surface area (Å²) in [6, 6.07) is 3.16. The van der Waals surface area contributed by atoms with E-state index in [0.29, 0.717) is 0 Å². The second-order valence-electron chi connectivity index (χ2n) is 4.11. The van der Waals surface area contributed by atoms with E-state index in [-0.39, 0.29) is 22.5 Å². The van der Waals surface area contributed by atoms with E-state index in [9.17, 15) is 19.2 Å². The lowest BCUT2D eigenvalue weighted by atomic mass is 10.1. The third-order valence-corrected chi connectivity index (χ3v) is 2.57. The molecule has 0 unspecified atom stereocenters. The Labute approximate surface area is 130 Å². The smallest absolute Gasteiger partial charge is 0.354 e. The van der Waals surface area contributed by atoms with Crippen LogP contribution >= 0.6 is 0 Å². The van der Waals surface area contributed by atoms with Gasteiger partial charge in [0.15, 0.2) is 0 Å². The Hall–Kier alpha value is -3.36. The van der Waals surface area contributed by atoms with Crippen LogP contribution in [0.5, 0.6) is 0 Å². The number of esters is 2. The molecule has 0 radical (unpaired) electrons. The predicted octanol–water partition coefficient (Wildman–Crippen LogP) is 0.725. The van der Waals surface area contributed by atoms with Crippen molar-refractivity contribution in [1.82, 2.24) is 0 Å². The third-order valence-electron chi connectivity index (χ3n) is 2.57. The van der Waals surface area contributed by atoms with Gasteiger partial charge in [0, 0.05) is 5.69 Å². The van der Waals surface area contributed by atoms with E-state index in [1.807, 2.05) is 0 Å². The molecule has 0 aliphatic rings. The summed E-state index contributed by atoms with van der Waals surface area (Å²) in [6.45, 7) is 0. The average Bonchev–Trinajstić information content (AvgIpc) is 2.52. The van der Waals surface area contributed by atoms with E-state index in [1.54, 1.807) is 0 Å². The molecule has 0 aliphatic heterocycles. The fourth-order valence-electron chi connectivity index (χ4n) is 1.53. The molecule has 0 spiro atoms. The molecule has 1 aromatic carbocycles. The maximum Gasteiger partial charge on any atom is 0.354 e. The van der Waals surface area contributed by atoms with E-state index < -0.39 is 23.9 Å². The summed E-state index contributed by atoms with van der Waals surface area (Å²) in [5.41, 5.74) is -0.995. The number of methoxy groups -OCH3 is 2. The highest BCUT2D eigenvalue weighted by molar-refractivity contribution is 6.00. The highest BCUT2D eigenvalue weighted by atomic mass is 16.5. The third kappa shape index (κ3) is 4.84. The molecule has 0 bridgehead atoms. The first kappa shape index (κ1) is 17.7. The van der Waals surface area contributed by atoms with Crippen molar-refractivity contribution >= 4 is 29.6 Å². The largest absolute Gasteiger partial charge is 0.478 e. The lowest BCUT2D eigenvalue weighted by Crippen LogP contribution is -2.16. The molecule has 1 aromatic rings. The number of ether oxygens (including phenoxy) is 2. The fourth-order valence-corrected chi connectivity index (χ4v) is 1.53. The van der Waals surface area contributed by atoms with E-state index in [1.165, 1.54) is 0 Å². The number of hydrogen-bond donors (Lipinski definition) is 3. The maximum atomic E-state index is 11.6. The molecule has 122 valence electrons. The monoisotopic (exact) mass is 323 g/mol. The first-order chi connectivity index (χ1) is 10.8. The maximum absolute atomic E-state index is 11.6. The van der Waals surface area contributed by atoms with Crippen LogP contribution in [-0.4, -0.2) is 48.3 Å². The Kier molecular flexibility index (Phi) is 5.84. The van der Waals surface area contributed by atoms with Gasteiger partial charge in [-0.05, 0) is 18.2 Å². The molecular formula is C14H13NO8. The quantitative estimate of drug-likeness (QED) is 0.510. The van der Waals surface area contributed by atoms with E-state index in [4.69, 9.17) is 10.2 Å². The lowest BCUT2D eigenvalue weighted by molar-refractivity contribution is -0.138. The van der Waals surface area contributed by atoms with Crippen LogP contribution in [0.15, 0.2) is 30.0 Å². The summed E-state index contributed by atoms with van der Waals surface area (Å²) in [6.07, 6.45) is 0.791. The molecule has 0 atom stereocenters. The van der Waals surface area contributed by atoms with Crippen LogP contribution in [-0.2, 0) is 19.1 Å². The molecule has 9 heteroatoms. The topological polar surface area (TPSA) is 139 Å². The Morgan fingerprint density at radius 3 is 1.87 bits per heavy atom. The molecule has 0 amide bonds. The summed E-state index contributed by atoms with van der Waals surface area (Å²) < 4.78 is 8.86. The van der Waals surface area contributed by atoms with Crippen LogP contribution in [0.3, 0.4) is 0 Å². The van der Waals surface area contributed by atoms with Gasteiger partial charge in [-0.1, -0.05) is 0 Å². The minimum absolute atomic E-state index is 0.0251. The van der Waals surface area contributed by atoms with Crippen molar-refractivity contribution in [1.29, 1.82) is 0 Å². The number of nitrogens with one attached hydrogen (secondary N) is 1. The number of hydrogen-bond acceptors (Lipinski definition) is 7. The number of carboxylic acid groups (broad SMARTS) is 2. The summed E-state index contributed by atoms with van der Waals surface area (Å²) in [4.78, 5) is 44.9. The van der Waals surface area contributed by atoms with Gasteiger partial charge in [-0.15, -0.1) is 0 Å². The van der Waals surface area contributed by atoms with Crippen molar-refractivity contribution in [3.63, 3.8) is 0 Å². The Morgan fingerprint density at radius 2 is 1.48 bits per heavy atom. The Morgan fingerprint density at radius 1 is 0.957 bits per heavy atom. The van der Waals surface area contributed by atoms with Gasteiger partial charge < -0.3 is 25.0 Å². The number of carbonyl (C=O) groups excluding carboxylic acids is 2. The zero-order valence-corrected chi connectivity index (χ0v) is 12.2. The van der Waals surface area contributed by atoms with Crippen molar-refractivity contribution in [3.05, 3.63) is 41.1 Å². The molecular weight excluding hydrogens is 310 g/mol. The molecule has 0 fully saturated rings. The highest BCUT2D eigenvalue weighted by Gasteiger charge is 2.16. The summed E-state index contributed by atoms with van der Waals surface area (Å²) in [5, 5.41) is 20.4. The van der Waals surface area contributed by atoms with Gasteiger partial charge in [0.1, 0.15) is 5.70 Å². The van der Waals surface area contributed by atoms with E-state index in [0.717, 1.165) is 38.5 Å². The normalized spacial score (nSPS) is 10.6. The number of benzene rings is 1. The summed E-state index contributed by atoms with van der Waals surface area (Å²) >= 11 is 0. The standard InChI is InChI=1S/C14H13NO8/c1-22-11(16)6-10(14(21)23-2)15-9-4-7(12(17)18)3-8(5-9)13(19)20/h3-6,15H,1-2H3,(H,17,18)(H,19,20)/b10-6+. The first-order valence-electron chi connectivity index (χ1n) is 6.05. The number of aromatic carboxylic acids is 2. The first-order valence-corrected chi connectivity index (χ1v) is 6.05. The van der Waals surface area contributed by atoms with E-state index >= 15 is 0 Å². The van der Waals surface area contributed by atoms with Crippen LogP contribution in [0.25, 0.3) is 0 Å². The van der Waals surface area contributed by atoms with Crippen LogP contribution in [0.1, 0.15) is 20.7 Å². The van der Waals surface area contributed by atoms with Gasteiger partial charge in [-0.25, -0.2) is 19.2 Å².